The number of halogens is 2. The second-order valence-electron chi connectivity index (χ2n) is 3.77. The van der Waals surface area contributed by atoms with Crippen LogP contribution in [0.3, 0.4) is 0 Å². The van der Waals surface area contributed by atoms with Gasteiger partial charge in [-0.15, -0.1) is 0 Å². The summed E-state index contributed by atoms with van der Waals surface area (Å²) in [5, 5.41) is 0.626. The molecule has 0 aromatic heterocycles. The number of benzene rings is 2. The van der Waals surface area contributed by atoms with Gasteiger partial charge < -0.3 is 4.74 Å². The molecule has 0 fully saturated rings. The molecule has 0 N–H and O–H groups in total. The maximum absolute atomic E-state index is 13.6. The number of ether oxygens (including phenoxy) is 1. The summed E-state index contributed by atoms with van der Waals surface area (Å²) < 4.78 is 19.1. The molecule has 2 aromatic carbocycles. The van der Waals surface area contributed by atoms with Gasteiger partial charge in [-0.2, -0.15) is 0 Å². The summed E-state index contributed by atoms with van der Waals surface area (Å²) in [5.74, 6) is -0.0653. The quantitative estimate of drug-likeness (QED) is 0.786. The van der Waals surface area contributed by atoms with Crippen LogP contribution < -0.4 is 4.74 Å². The average molecular weight is 251 g/mol. The Kier molecular flexibility index (Phi) is 3.64. The fourth-order valence-electron chi connectivity index (χ4n) is 1.50. The Hall–Kier alpha value is -1.54. The van der Waals surface area contributed by atoms with Crippen LogP contribution in [-0.2, 0) is 6.61 Å². The van der Waals surface area contributed by atoms with E-state index in [2.05, 4.69) is 0 Å². The standard InChI is InChI=1S/C14H12ClFO/c1-10-5-4-8-13(14(10)16)17-9-11-6-2-3-7-12(11)15/h2-8H,9H2,1H3. The molecule has 1 nitrogen and oxygen atoms in total. The van der Waals surface area contributed by atoms with E-state index in [4.69, 9.17) is 16.3 Å². The molecule has 0 atom stereocenters. The summed E-state index contributed by atoms with van der Waals surface area (Å²) in [6, 6.07) is 12.4. The second-order valence-corrected chi connectivity index (χ2v) is 4.17. The van der Waals surface area contributed by atoms with Gasteiger partial charge in [0, 0.05) is 10.6 Å². The predicted molar refractivity (Wildman–Crippen MR) is 66.9 cm³/mol. The van der Waals surface area contributed by atoms with Crippen LogP contribution in [0.4, 0.5) is 4.39 Å². The molecular formula is C14H12ClFO. The Labute approximate surface area is 105 Å². The lowest BCUT2D eigenvalue weighted by molar-refractivity contribution is 0.289. The van der Waals surface area contributed by atoms with Crippen molar-refractivity contribution < 1.29 is 9.13 Å². The van der Waals surface area contributed by atoms with Crippen LogP contribution in [0, 0.1) is 12.7 Å². The van der Waals surface area contributed by atoms with Crippen LogP contribution in [0.15, 0.2) is 42.5 Å². The van der Waals surface area contributed by atoms with E-state index in [-0.39, 0.29) is 18.2 Å². The van der Waals surface area contributed by atoms with Gasteiger partial charge in [-0.05, 0) is 24.6 Å². The smallest absolute Gasteiger partial charge is 0.167 e. The molecule has 0 amide bonds. The topological polar surface area (TPSA) is 9.23 Å². The van der Waals surface area contributed by atoms with E-state index >= 15 is 0 Å². The van der Waals surface area contributed by atoms with E-state index in [1.54, 1.807) is 31.2 Å². The Bertz CT molecular complexity index is 525. The van der Waals surface area contributed by atoms with Gasteiger partial charge in [-0.1, -0.05) is 41.9 Å². The molecule has 0 saturated carbocycles. The Morgan fingerprint density at radius 1 is 1.12 bits per heavy atom. The van der Waals surface area contributed by atoms with Gasteiger partial charge in [0.05, 0.1) is 0 Å². The molecule has 2 aromatic rings. The van der Waals surface area contributed by atoms with E-state index in [0.717, 1.165) is 5.56 Å². The molecule has 0 unspecified atom stereocenters. The van der Waals surface area contributed by atoms with Crippen LogP contribution in [0.1, 0.15) is 11.1 Å². The molecule has 3 heteroatoms. The Morgan fingerprint density at radius 3 is 2.65 bits per heavy atom. The SMILES string of the molecule is Cc1cccc(OCc2ccccc2Cl)c1F. The summed E-state index contributed by atoms with van der Waals surface area (Å²) in [4.78, 5) is 0. The van der Waals surface area contributed by atoms with Crippen LogP contribution in [-0.4, -0.2) is 0 Å². The third kappa shape index (κ3) is 2.77. The molecule has 88 valence electrons. The maximum atomic E-state index is 13.6. The highest BCUT2D eigenvalue weighted by atomic mass is 35.5. The molecule has 0 aliphatic rings. The zero-order chi connectivity index (χ0) is 12.3. The first-order valence-electron chi connectivity index (χ1n) is 5.30. The fraction of sp³-hybridized carbons (Fsp3) is 0.143. The summed E-state index contributed by atoms with van der Waals surface area (Å²) in [5.41, 5.74) is 1.41. The molecule has 0 aliphatic heterocycles. The third-order valence-electron chi connectivity index (χ3n) is 2.50. The van der Waals surface area contributed by atoms with Crippen molar-refractivity contribution in [2.45, 2.75) is 13.5 Å². The molecule has 0 heterocycles. The van der Waals surface area contributed by atoms with Crippen molar-refractivity contribution in [3.63, 3.8) is 0 Å². The first-order valence-corrected chi connectivity index (χ1v) is 5.67. The minimum atomic E-state index is -0.320. The van der Waals surface area contributed by atoms with E-state index in [1.165, 1.54) is 0 Å². The minimum Gasteiger partial charge on any atom is -0.486 e. The van der Waals surface area contributed by atoms with E-state index in [1.807, 2.05) is 18.2 Å². The largest absolute Gasteiger partial charge is 0.486 e. The maximum Gasteiger partial charge on any atom is 0.167 e. The van der Waals surface area contributed by atoms with Gasteiger partial charge in [0.25, 0.3) is 0 Å². The van der Waals surface area contributed by atoms with E-state index < -0.39 is 0 Å². The second kappa shape index (κ2) is 5.19. The van der Waals surface area contributed by atoms with Crippen molar-refractivity contribution in [1.29, 1.82) is 0 Å². The molecule has 0 spiro atoms. The van der Waals surface area contributed by atoms with Gasteiger partial charge in [-0.3, -0.25) is 0 Å². The molecule has 0 aliphatic carbocycles. The zero-order valence-electron chi connectivity index (χ0n) is 9.41. The van der Waals surface area contributed by atoms with Crippen LogP contribution in [0.25, 0.3) is 0 Å². The number of hydrogen-bond acceptors (Lipinski definition) is 1. The summed E-state index contributed by atoms with van der Waals surface area (Å²) in [7, 11) is 0. The van der Waals surface area contributed by atoms with Crippen LogP contribution in [0.5, 0.6) is 5.75 Å². The lowest BCUT2D eigenvalue weighted by Gasteiger charge is -2.09. The average Bonchev–Trinajstić information content (AvgIpc) is 2.33. The summed E-state index contributed by atoms with van der Waals surface area (Å²) in [6.07, 6.45) is 0. The normalized spacial score (nSPS) is 10.3. The molecule has 0 bridgehead atoms. The fourth-order valence-corrected chi connectivity index (χ4v) is 1.69. The van der Waals surface area contributed by atoms with Gasteiger partial charge in [0.15, 0.2) is 11.6 Å². The first-order chi connectivity index (χ1) is 8.18. The molecule has 2 rings (SSSR count). The highest BCUT2D eigenvalue weighted by Gasteiger charge is 2.06. The summed E-state index contributed by atoms with van der Waals surface area (Å²) >= 11 is 5.99. The molecule has 0 saturated heterocycles. The van der Waals surface area contributed by atoms with Crippen LogP contribution >= 0.6 is 11.6 Å². The van der Waals surface area contributed by atoms with E-state index in [9.17, 15) is 4.39 Å². The lowest BCUT2D eigenvalue weighted by atomic mass is 10.2. The summed E-state index contributed by atoms with van der Waals surface area (Å²) in [6.45, 7) is 1.97. The third-order valence-corrected chi connectivity index (χ3v) is 2.87. The van der Waals surface area contributed by atoms with Crippen molar-refractivity contribution in [3.05, 3.63) is 64.4 Å². The monoisotopic (exact) mass is 250 g/mol. The van der Waals surface area contributed by atoms with Crippen molar-refractivity contribution in [1.82, 2.24) is 0 Å². The van der Waals surface area contributed by atoms with Gasteiger partial charge in [0.1, 0.15) is 6.61 Å². The first kappa shape index (κ1) is 11.9. The van der Waals surface area contributed by atoms with Gasteiger partial charge >= 0.3 is 0 Å². The Morgan fingerprint density at radius 2 is 1.88 bits per heavy atom. The van der Waals surface area contributed by atoms with Crippen LogP contribution in [0.2, 0.25) is 5.02 Å². The zero-order valence-corrected chi connectivity index (χ0v) is 10.2. The van der Waals surface area contributed by atoms with Gasteiger partial charge in [-0.25, -0.2) is 4.39 Å². The number of rotatable bonds is 3. The number of hydrogen-bond donors (Lipinski definition) is 0. The van der Waals surface area contributed by atoms with Crippen molar-refractivity contribution in [3.8, 4) is 5.75 Å². The lowest BCUT2D eigenvalue weighted by Crippen LogP contribution is -1.98. The predicted octanol–water partition coefficient (Wildman–Crippen LogP) is 4.37. The molecule has 0 radical (unpaired) electrons. The molecule has 17 heavy (non-hydrogen) atoms. The number of aryl methyl sites for hydroxylation is 1. The minimum absolute atomic E-state index is 0.255. The highest BCUT2D eigenvalue weighted by molar-refractivity contribution is 6.31. The van der Waals surface area contributed by atoms with E-state index in [0.29, 0.717) is 10.6 Å². The van der Waals surface area contributed by atoms with Crippen molar-refractivity contribution in [2.24, 2.45) is 0 Å². The van der Waals surface area contributed by atoms with Crippen molar-refractivity contribution >= 4 is 11.6 Å². The van der Waals surface area contributed by atoms with Crippen molar-refractivity contribution in [2.75, 3.05) is 0 Å². The Balaban J connectivity index is 2.13. The van der Waals surface area contributed by atoms with Gasteiger partial charge in [0.2, 0.25) is 0 Å². The highest BCUT2D eigenvalue weighted by Crippen LogP contribution is 2.22. The molecular weight excluding hydrogens is 239 g/mol.